The Labute approximate surface area is 199 Å². The predicted octanol–water partition coefficient (Wildman–Crippen LogP) is 4.01. The van der Waals surface area contributed by atoms with E-state index in [-0.39, 0.29) is 11.6 Å². The van der Waals surface area contributed by atoms with Crippen molar-refractivity contribution in [1.82, 2.24) is 15.1 Å². The number of carbonyl (C=O) groups excluding carboxylic acids is 3. The van der Waals surface area contributed by atoms with E-state index in [0.29, 0.717) is 27.5 Å². The van der Waals surface area contributed by atoms with Crippen LogP contribution in [0.4, 0.5) is 4.39 Å². The number of thiophene rings is 1. The third-order valence-corrected chi connectivity index (χ3v) is 6.35. The number of esters is 1. The molecule has 0 spiro atoms. The number of carbonyl (C=O) groups is 3. The van der Waals surface area contributed by atoms with Crippen molar-refractivity contribution in [2.45, 2.75) is 26.3 Å². The highest BCUT2D eigenvalue weighted by molar-refractivity contribution is 7.20. The second-order valence-corrected chi connectivity index (χ2v) is 8.83. The SMILES string of the molecule is CC(=O)C(Cc1ccccc1)NC(=O)COC(=O)c1cc2c(C)nn(-c3ccc(F)cc3)c2s1. The third kappa shape index (κ3) is 5.20. The molecule has 1 unspecified atom stereocenters. The molecule has 34 heavy (non-hydrogen) atoms. The van der Waals surface area contributed by atoms with Crippen LogP contribution in [0.2, 0.25) is 0 Å². The normalized spacial score (nSPS) is 11.9. The van der Waals surface area contributed by atoms with E-state index in [1.165, 1.54) is 30.4 Å². The first-order valence-corrected chi connectivity index (χ1v) is 11.4. The van der Waals surface area contributed by atoms with Crippen molar-refractivity contribution in [2.75, 3.05) is 6.61 Å². The Kier molecular flexibility index (Phi) is 6.83. The van der Waals surface area contributed by atoms with Crippen LogP contribution in [0.1, 0.15) is 27.9 Å². The fourth-order valence-electron chi connectivity index (χ4n) is 3.49. The molecule has 0 fully saturated rings. The average Bonchev–Trinajstić information content (AvgIpc) is 3.39. The minimum atomic E-state index is -0.706. The number of Topliss-reactive ketones (excluding diaryl/α,β-unsaturated/α-hetero) is 1. The second kappa shape index (κ2) is 9.96. The standard InChI is InChI=1S/C25H22FN3O4S/c1-15-20-13-22(34-24(20)29(28-15)19-10-8-18(26)9-11-19)25(32)33-14-23(31)27-21(16(2)30)12-17-6-4-3-5-7-17/h3-11,13,21H,12,14H2,1-2H3,(H,27,31). The van der Waals surface area contributed by atoms with Gasteiger partial charge in [0, 0.05) is 5.39 Å². The van der Waals surface area contributed by atoms with Crippen molar-refractivity contribution in [2.24, 2.45) is 0 Å². The van der Waals surface area contributed by atoms with E-state index in [9.17, 15) is 18.8 Å². The number of rotatable bonds is 8. The molecule has 2 heterocycles. The van der Waals surface area contributed by atoms with Gasteiger partial charge in [-0.05, 0) is 56.2 Å². The molecule has 0 saturated carbocycles. The van der Waals surface area contributed by atoms with Gasteiger partial charge in [-0.1, -0.05) is 30.3 Å². The summed E-state index contributed by atoms with van der Waals surface area (Å²) in [7, 11) is 0. The van der Waals surface area contributed by atoms with E-state index in [0.717, 1.165) is 10.9 Å². The molecular formula is C25H22FN3O4S. The fourth-order valence-corrected chi connectivity index (χ4v) is 4.57. The Balaban J connectivity index is 1.42. The molecule has 0 aliphatic heterocycles. The first-order chi connectivity index (χ1) is 16.3. The molecule has 0 aliphatic rings. The lowest BCUT2D eigenvalue weighted by Crippen LogP contribution is -2.43. The number of aryl methyl sites for hydroxylation is 1. The van der Waals surface area contributed by atoms with Crippen LogP contribution in [0.5, 0.6) is 0 Å². The summed E-state index contributed by atoms with van der Waals surface area (Å²) in [4.78, 5) is 37.9. The average molecular weight is 480 g/mol. The summed E-state index contributed by atoms with van der Waals surface area (Å²) in [6, 6.07) is 16.2. The Morgan fingerprint density at radius 1 is 1.12 bits per heavy atom. The van der Waals surface area contributed by atoms with Gasteiger partial charge in [0.1, 0.15) is 15.5 Å². The molecule has 1 amide bonds. The molecule has 1 atom stereocenters. The van der Waals surface area contributed by atoms with Crippen LogP contribution < -0.4 is 5.32 Å². The third-order valence-electron chi connectivity index (χ3n) is 5.26. The lowest BCUT2D eigenvalue weighted by molar-refractivity contribution is -0.128. The number of ether oxygens (including phenoxy) is 1. The van der Waals surface area contributed by atoms with Crippen LogP contribution in [0.3, 0.4) is 0 Å². The Bertz CT molecular complexity index is 1350. The molecule has 0 bridgehead atoms. The zero-order valence-electron chi connectivity index (χ0n) is 18.6. The number of benzene rings is 2. The number of hydrogen-bond acceptors (Lipinski definition) is 6. The van der Waals surface area contributed by atoms with Crippen molar-refractivity contribution < 1.29 is 23.5 Å². The number of amides is 1. The number of aromatic nitrogens is 2. The van der Waals surface area contributed by atoms with E-state index in [1.54, 1.807) is 22.9 Å². The maximum absolute atomic E-state index is 13.3. The largest absolute Gasteiger partial charge is 0.451 e. The maximum atomic E-state index is 13.3. The Morgan fingerprint density at radius 3 is 2.50 bits per heavy atom. The molecule has 4 rings (SSSR count). The van der Waals surface area contributed by atoms with Gasteiger partial charge in [0.05, 0.1) is 17.4 Å². The van der Waals surface area contributed by atoms with Crippen LogP contribution in [-0.2, 0) is 20.7 Å². The van der Waals surface area contributed by atoms with Gasteiger partial charge in [-0.2, -0.15) is 5.10 Å². The molecule has 7 nitrogen and oxygen atoms in total. The van der Waals surface area contributed by atoms with Crippen molar-refractivity contribution in [1.29, 1.82) is 0 Å². The smallest absolute Gasteiger partial charge is 0.348 e. The molecular weight excluding hydrogens is 457 g/mol. The first kappa shape index (κ1) is 23.3. The molecule has 174 valence electrons. The van der Waals surface area contributed by atoms with E-state index in [2.05, 4.69) is 10.4 Å². The van der Waals surface area contributed by atoms with E-state index in [1.807, 2.05) is 37.3 Å². The molecule has 4 aromatic rings. The van der Waals surface area contributed by atoms with Crippen molar-refractivity contribution in [3.8, 4) is 5.69 Å². The molecule has 0 aliphatic carbocycles. The molecule has 9 heteroatoms. The number of nitrogens with one attached hydrogen (secondary N) is 1. The van der Waals surface area contributed by atoms with E-state index < -0.39 is 24.5 Å². The molecule has 0 saturated heterocycles. The van der Waals surface area contributed by atoms with Gasteiger partial charge in [-0.25, -0.2) is 13.9 Å². The van der Waals surface area contributed by atoms with Crippen LogP contribution >= 0.6 is 11.3 Å². The molecule has 0 radical (unpaired) electrons. The fraction of sp³-hybridized carbons (Fsp3) is 0.200. The number of hydrogen-bond donors (Lipinski definition) is 1. The van der Waals surface area contributed by atoms with Gasteiger partial charge in [0.15, 0.2) is 12.4 Å². The molecule has 2 aromatic heterocycles. The summed E-state index contributed by atoms with van der Waals surface area (Å²) >= 11 is 1.17. The predicted molar refractivity (Wildman–Crippen MR) is 127 cm³/mol. The summed E-state index contributed by atoms with van der Waals surface area (Å²) in [5.74, 6) is -1.75. The minimum Gasteiger partial charge on any atom is -0.451 e. The van der Waals surface area contributed by atoms with Gasteiger partial charge >= 0.3 is 5.97 Å². The van der Waals surface area contributed by atoms with Gasteiger partial charge in [-0.3, -0.25) is 9.59 Å². The highest BCUT2D eigenvalue weighted by atomic mass is 32.1. The zero-order valence-corrected chi connectivity index (χ0v) is 19.4. The summed E-state index contributed by atoms with van der Waals surface area (Å²) in [5, 5.41) is 7.86. The summed E-state index contributed by atoms with van der Waals surface area (Å²) < 4.78 is 20.1. The highest BCUT2D eigenvalue weighted by Crippen LogP contribution is 2.30. The molecule has 2 aromatic carbocycles. The number of ketones is 1. The zero-order chi connectivity index (χ0) is 24.2. The monoisotopic (exact) mass is 479 g/mol. The van der Waals surface area contributed by atoms with Crippen LogP contribution in [0, 0.1) is 12.7 Å². The Morgan fingerprint density at radius 2 is 1.82 bits per heavy atom. The quantitative estimate of drug-likeness (QED) is 0.386. The van der Waals surface area contributed by atoms with Gasteiger partial charge in [0.2, 0.25) is 0 Å². The lowest BCUT2D eigenvalue weighted by atomic mass is 10.0. The van der Waals surface area contributed by atoms with Crippen LogP contribution in [0.15, 0.2) is 60.7 Å². The van der Waals surface area contributed by atoms with Crippen molar-refractivity contribution >= 4 is 39.2 Å². The number of halogens is 1. The number of fused-ring (bicyclic) bond motifs is 1. The van der Waals surface area contributed by atoms with Crippen LogP contribution in [-0.4, -0.2) is 40.1 Å². The highest BCUT2D eigenvalue weighted by Gasteiger charge is 2.21. The minimum absolute atomic E-state index is 0.186. The molecule has 1 N–H and O–H groups in total. The van der Waals surface area contributed by atoms with Gasteiger partial charge in [-0.15, -0.1) is 11.3 Å². The summed E-state index contributed by atoms with van der Waals surface area (Å²) in [5.41, 5.74) is 2.28. The van der Waals surface area contributed by atoms with E-state index in [4.69, 9.17) is 4.74 Å². The van der Waals surface area contributed by atoms with E-state index >= 15 is 0 Å². The Hall–Kier alpha value is -3.85. The summed E-state index contributed by atoms with van der Waals surface area (Å²) in [6.45, 7) is 2.71. The lowest BCUT2D eigenvalue weighted by Gasteiger charge is -2.16. The van der Waals surface area contributed by atoms with Gasteiger partial charge in [0.25, 0.3) is 5.91 Å². The maximum Gasteiger partial charge on any atom is 0.348 e. The first-order valence-electron chi connectivity index (χ1n) is 10.6. The number of nitrogens with zero attached hydrogens (tertiary/aromatic N) is 2. The van der Waals surface area contributed by atoms with Crippen molar-refractivity contribution in [3.05, 3.63) is 82.6 Å². The van der Waals surface area contributed by atoms with Crippen molar-refractivity contribution in [3.63, 3.8) is 0 Å². The van der Waals surface area contributed by atoms with Crippen LogP contribution in [0.25, 0.3) is 15.9 Å². The second-order valence-electron chi connectivity index (χ2n) is 7.80. The topological polar surface area (TPSA) is 90.3 Å². The van der Waals surface area contributed by atoms with Gasteiger partial charge < -0.3 is 10.1 Å². The summed E-state index contributed by atoms with van der Waals surface area (Å²) in [6.07, 6.45) is 0.353.